The summed E-state index contributed by atoms with van der Waals surface area (Å²) in [7, 11) is 0. The van der Waals surface area contributed by atoms with E-state index in [2.05, 4.69) is 10.3 Å². The van der Waals surface area contributed by atoms with Crippen molar-refractivity contribution >= 4 is 67.7 Å². The van der Waals surface area contributed by atoms with E-state index in [1.54, 1.807) is 0 Å². The van der Waals surface area contributed by atoms with Gasteiger partial charge in [0.25, 0.3) is 0 Å². The monoisotopic (exact) mass is 504 g/mol. The van der Waals surface area contributed by atoms with Crippen LogP contribution in [0.25, 0.3) is 11.3 Å². The van der Waals surface area contributed by atoms with Gasteiger partial charge in [0.05, 0.1) is 10.6 Å². The van der Waals surface area contributed by atoms with E-state index in [1.165, 1.54) is 22.7 Å². The summed E-state index contributed by atoms with van der Waals surface area (Å²) in [6.07, 6.45) is 0. The van der Waals surface area contributed by atoms with Gasteiger partial charge in [-0.3, -0.25) is 0 Å². The molecule has 0 spiro atoms. The van der Waals surface area contributed by atoms with Gasteiger partial charge in [-0.15, -0.1) is 39.7 Å². The van der Waals surface area contributed by atoms with Crippen LogP contribution < -0.4 is 10.1 Å². The fraction of sp³-hybridized carbons (Fsp3) is 0.0476. The average molecular weight is 505 g/mol. The van der Waals surface area contributed by atoms with Crippen LogP contribution in [0.3, 0.4) is 0 Å². The standard InChI is InChI=1S/C21H16N2O2S3.BrH/c1-13-17(11-19(28-13)20(24)26)18-12-27-21(23-18)22-14-7-9-16(10-8-14)25-15-5-3-2-4-6-15;/h2-12H,1H3,(H,22,23)(H,24,26);1H. The zero-order valence-electron chi connectivity index (χ0n) is 15.3. The first-order valence-electron chi connectivity index (χ1n) is 8.48. The largest absolute Gasteiger partial charge is 0.498 e. The molecule has 8 heteroatoms. The first-order valence-corrected chi connectivity index (χ1v) is 10.6. The molecule has 0 saturated carbocycles. The number of halogens is 1. The van der Waals surface area contributed by atoms with Gasteiger partial charge in [-0.1, -0.05) is 18.2 Å². The van der Waals surface area contributed by atoms with Crippen LogP contribution in [0.4, 0.5) is 10.8 Å². The number of thiophene rings is 1. The molecule has 29 heavy (non-hydrogen) atoms. The highest BCUT2D eigenvalue weighted by Gasteiger charge is 2.13. The van der Waals surface area contributed by atoms with Crippen LogP contribution in [0, 0.1) is 6.92 Å². The number of anilines is 2. The smallest absolute Gasteiger partial charge is 0.198 e. The minimum Gasteiger partial charge on any atom is -0.498 e. The van der Waals surface area contributed by atoms with Gasteiger partial charge in [0.2, 0.25) is 0 Å². The molecule has 0 atom stereocenters. The number of ether oxygens (including phenoxy) is 1. The van der Waals surface area contributed by atoms with Gasteiger partial charge in [-0.2, -0.15) is 0 Å². The summed E-state index contributed by atoms with van der Waals surface area (Å²) in [6.45, 7) is 2.00. The number of aryl methyl sites for hydroxylation is 1. The summed E-state index contributed by atoms with van der Waals surface area (Å²) < 4.78 is 5.81. The van der Waals surface area contributed by atoms with Gasteiger partial charge in [-0.05, 0) is 61.6 Å². The fourth-order valence-electron chi connectivity index (χ4n) is 2.65. The molecule has 0 fully saturated rings. The van der Waals surface area contributed by atoms with E-state index in [9.17, 15) is 5.11 Å². The highest BCUT2D eigenvalue weighted by molar-refractivity contribution is 8.93. The van der Waals surface area contributed by atoms with E-state index in [0.29, 0.717) is 4.88 Å². The van der Waals surface area contributed by atoms with E-state index in [4.69, 9.17) is 17.0 Å². The highest BCUT2D eigenvalue weighted by Crippen LogP contribution is 2.34. The number of rotatable bonds is 6. The Morgan fingerprint density at radius 1 is 1.07 bits per heavy atom. The van der Waals surface area contributed by atoms with Gasteiger partial charge >= 0.3 is 0 Å². The zero-order valence-corrected chi connectivity index (χ0v) is 19.4. The van der Waals surface area contributed by atoms with Crippen molar-refractivity contribution in [3.05, 3.63) is 75.8 Å². The van der Waals surface area contributed by atoms with Crippen LogP contribution in [-0.2, 0) is 0 Å². The van der Waals surface area contributed by atoms with E-state index in [1.807, 2.05) is 73.0 Å². The van der Waals surface area contributed by atoms with Gasteiger partial charge in [-0.25, -0.2) is 4.98 Å². The van der Waals surface area contributed by atoms with Gasteiger partial charge in [0, 0.05) is 21.5 Å². The molecule has 0 radical (unpaired) electrons. The molecule has 0 aliphatic rings. The van der Waals surface area contributed by atoms with Crippen molar-refractivity contribution in [2.75, 3.05) is 5.32 Å². The summed E-state index contributed by atoms with van der Waals surface area (Å²) in [5, 5.41) is 15.6. The molecule has 0 bridgehead atoms. The average Bonchev–Trinajstić information content (AvgIpc) is 3.31. The number of benzene rings is 2. The number of aromatic nitrogens is 1. The predicted octanol–water partition coefficient (Wildman–Crippen LogP) is 7.53. The minimum absolute atomic E-state index is 0. The first-order chi connectivity index (χ1) is 13.6. The van der Waals surface area contributed by atoms with Crippen molar-refractivity contribution in [2.45, 2.75) is 6.92 Å². The molecule has 4 nitrogen and oxygen atoms in total. The van der Waals surface area contributed by atoms with Crippen molar-refractivity contribution in [3.8, 4) is 22.8 Å². The van der Waals surface area contributed by atoms with Crippen molar-refractivity contribution < 1.29 is 9.84 Å². The highest BCUT2D eigenvalue weighted by atomic mass is 79.9. The second-order valence-corrected chi connectivity index (χ2v) is 8.49. The van der Waals surface area contributed by atoms with Crippen LogP contribution in [0.2, 0.25) is 0 Å². The molecule has 0 amide bonds. The van der Waals surface area contributed by atoms with Crippen molar-refractivity contribution in [1.29, 1.82) is 0 Å². The molecule has 0 aliphatic heterocycles. The van der Waals surface area contributed by atoms with Crippen molar-refractivity contribution in [3.63, 3.8) is 0 Å². The van der Waals surface area contributed by atoms with E-state index in [-0.39, 0.29) is 22.0 Å². The number of nitrogens with zero attached hydrogens (tertiary/aromatic N) is 1. The van der Waals surface area contributed by atoms with E-state index in [0.717, 1.165) is 38.5 Å². The second-order valence-electron chi connectivity index (χ2n) is 5.99. The summed E-state index contributed by atoms with van der Waals surface area (Å²) in [5.74, 6) is 1.58. The Morgan fingerprint density at radius 3 is 2.41 bits per heavy atom. The Kier molecular flexibility index (Phi) is 7.02. The molecule has 0 saturated heterocycles. The third-order valence-electron chi connectivity index (χ3n) is 3.99. The van der Waals surface area contributed by atoms with E-state index >= 15 is 0 Å². The topological polar surface area (TPSA) is 54.4 Å². The van der Waals surface area contributed by atoms with E-state index < -0.39 is 0 Å². The summed E-state index contributed by atoms with van der Waals surface area (Å²) in [6, 6.07) is 19.3. The van der Waals surface area contributed by atoms with Gasteiger partial charge in [0.15, 0.2) is 10.2 Å². The molecular weight excluding hydrogens is 488 g/mol. The lowest BCUT2D eigenvalue weighted by molar-refractivity contribution is 0.483. The van der Waals surface area contributed by atoms with Crippen LogP contribution in [0.5, 0.6) is 11.5 Å². The minimum atomic E-state index is -0.0780. The molecule has 2 N–H and O–H groups in total. The maximum atomic E-state index is 9.53. The fourth-order valence-corrected chi connectivity index (χ4v) is 4.43. The van der Waals surface area contributed by atoms with Crippen LogP contribution in [0.15, 0.2) is 66.0 Å². The normalized spacial score (nSPS) is 10.2. The predicted molar refractivity (Wildman–Crippen MR) is 131 cm³/mol. The Bertz CT molecular complexity index is 1110. The number of aliphatic hydroxyl groups excluding tert-OH is 1. The molecule has 4 rings (SSSR count). The molecule has 148 valence electrons. The number of para-hydroxylation sites is 1. The maximum absolute atomic E-state index is 9.53. The number of aliphatic hydroxyl groups is 1. The number of thiocarbonyl (C=S) groups is 1. The molecule has 0 unspecified atom stereocenters. The summed E-state index contributed by atoms with van der Waals surface area (Å²) >= 11 is 7.85. The number of thiazole rings is 1. The number of hydrogen-bond donors (Lipinski definition) is 2. The summed E-state index contributed by atoms with van der Waals surface area (Å²) in [4.78, 5) is 6.43. The zero-order chi connectivity index (χ0) is 19.5. The van der Waals surface area contributed by atoms with Crippen LogP contribution >= 0.6 is 51.9 Å². The third kappa shape index (κ3) is 5.22. The molecule has 0 aliphatic carbocycles. The Morgan fingerprint density at radius 2 is 1.76 bits per heavy atom. The molecule has 2 heterocycles. The molecular formula is C21H17BrN2O2S3. The Hall–Kier alpha value is -2.26. The van der Waals surface area contributed by atoms with Crippen LogP contribution in [-0.4, -0.2) is 15.1 Å². The molecule has 2 aromatic carbocycles. The number of hydrogen-bond acceptors (Lipinski definition) is 6. The quantitative estimate of drug-likeness (QED) is 0.265. The first kappa shape index (κ1) is 21.4. The lowest BCUT2D eigenvalue weighted by Gasteiger charge is -2.07. The van der Waals surface area contributed by atoms with Gasteiger partial charge < -0.3 is 15.2 Å². The lowest BCUT2D eigenvalue weighted by Crippen LogP contribution is -1.90. The Balaban J connectivity index is 0.00000240. The molecule has 2 aromatic heterocycles. The van der Waals surface area contributed by atoms with Crippen molar-refractivity contribution in [1.82, 2.24) is 4.98 Å². The number of nitrogens with one attached hydrogen (secondary N) is 1. The maximum Gasteiger partial charge on any atom is 0.198 e. The third-order valence-corrected chi connectivity index (χ3v) is 6.16. The lowest BCUT2D eigenvalue weighted by atomic mass is 10.2. The SMILES string of the molecule is Br.Cc1sc(C(O)=S)cc1-c1csc(Nc2ccc(Oc3ccccc3)cc2)n1. The van der Waals surface area contributed by atoms with Crippen molar-refractivity contribution in [2.24, 2.45) is 0 Å². The second kappa shape index (κ2) is 9.49. The van der Waals surface area contributed by atoms with Crippen LogP contribution in [0.1, 0.15) is 9.75 Å². The van der Waals surface area contributed by atoms with Gasteiger partial charge in [0.1, 0.15) is 11.5 Å². The molecule has 4 aromatic rings. The summed E-state index contributed by atoms with van der Waals surface area (Å²) in [5.41, 5.74) is 2.79. The Labute approximate surface area is 192 Å².